The molecule has 4 aromatic rings. The van der Waals surface area contributed by atoms with E-state index in [0.29, 0.717) is 12.5 Å². The van der Waals surface area contributed by atoms with Gasteiger partial charge in [0.1, 0.15) is 5.82 Å². The summed E-state index contributed by atoms with van der Waals surface area (Å²) in [4.78, 5) is 26.8. The molecule has 0 unspecified atom stereocenters. The number of benzene rings is 2. The lowest BCUT2D eigenvalue weighted by Crippen LogP contribution is -2.27. The predicted molar refractivity (Wildman–Crippen MR) is 133 cm³/mol. The number of nitrogens with zero attached hydrogens (tertiary/aromatic N) is 4. The Labute approximate surface area is 193 Å². The van der Waals surface area contributed by atoms with Gasteiger partial charge in [-0.15, -0.1) is 0 Å². The number of rotatable bonds is 7. The number of primary amides is 1. The van der Waals surface area contributed by atoms with Crippen molar-refractivity contribution in [1.29, 1.82) is 5.41 Å². The number of para-hydroxylation sites is 2. The molecule has 2 aromatic carbocycles. The summed E-state index contributed by atoms with van der Waals surface area (Å²) in [6.45, 7) is 9.78. The monoisotopic (exact) mass is 448 g/mol. The molecule has 0 aliphatic carbocycles. The Morgan fingerprint density at radius 3 is 2.30 bits per heavy atom. The molecule has 0 saturated carbocycles. The summed E-state index contributed by atoms with van der Waals surface area (Å²) in [6.07, 6.45) is 2.63. The van der Waals surface area contributed by atoms with Crippen LogP contribution in [0.1, 0.15) is 51.5 Å². The van der Waals surface area contributed by atoms with Crippen molar-refractivity contribution in [1.82, 2.24) is 18.7 Å². The van der Waals surface area contributed by atoms with Gasteiger partial charge in [-0.3, -0.25) is 13.9 Å². The third kappa shape index (κ3) is 4.89. The van der Waals surface area contributed by atoms with Gasteiger partial charge in [0.05, 0.1) is 28.6 Å². The number of imidazole rings is 2. The molecule has 33 heavy (non-hydrogen) atoms. The predicted octanol–water partition coefficient (Wildman–Crippen LogP) is 3.93. The van der Waals surface area contributed by atoms with Crippen LogP contribution in [-0.2, 0) is 17.9 Å². The summed E-state index contributed by atoms with van der Waals surface area (Å²) >= 11 is 0. The maximum atomic E-state index is 13.3. The molecular weight excluding hydrogens is 416 g/mol. The van der Waals surface area contributed by atoms with Gasteiger partial charge in [-0.1, -0.05) is 32.0 Å². The highest BCUT2D eigenvalue weighted by atomic mass is 16.1. The van der Waals surface area contributed by atoms with Crippen molar-refractivity contribution < 1.29 is 4.79 Å². The van der Waals surface area contributed by atoms with E-state index >= 15 is 0 Å². The summed E-state index contributed by atoms with van der Waals surface area (Å²) < 4.78 is 5.92. The molecule has 0 fully saturated rings. The Bertz CT molecular complexity index is 1330. The van der Waals surface area contributed by atoms with E-state index in [9.17, 15) is 4.79 Å². The molecule has 8 nitrogen and oxygen atoms in total. The van der Waals surface area contributed by atoms with Gasteiger partial charge in [0.2, 0.25) is 6.41 Å². The van der Waals surface area contributed by atoms with Crippen molar-refractivity contribution in [2.45, 2.75) is 53.2 Å². The first-order valence-corrected chi connectivity index (χ1v) is 11.2. The Kier molecular flexibility index (Phi) is 7.48. The minimum Gasteiger partial charge on any atom is -0.372 e. The molecule has 0 atom stereocenters. The second-order valence-electron chi connectivity index (χ2n) is 8.71. The highest BCUT2D eigenvalue weighted by molar-refractivity contribution is 5.86. The van der Waals surface area contributed by atoms with Crippen LogP contribution < -0.4 is 11.4 Å². The molecule has 2 aromatic heterocycles. The second kappa shape index (κ2) is 10.3. The van der Waals surface area contributed by atoms with Crippen LogP contribution in [-0.4, -0.2) is 31.3 Å². The number of nitrogens with one attached hydrogen (secondary N) is 1. The van der Waals surface area contributed by atoms with Crippen LogP contribution in [0.5, 0.6) is 0 Å². The van der Waals surface area contributed by atoms with Crippen molar-refractivity contribution in [3.63, 3.8) is 0 Å². The van der Waals surface area contributed by atoms with Crippen LogP contribution in [0.15, 0.2) is 47.3 Å². The van der Waals surface area contributed by atoms with E-state index in [1.807, 2.05) is 65.4 Å². The molecule has 0 spiro atoms. The van der Waals surface area contributed by atoms with Gasteiger partial charge in [0.15, 0.2) is 0 Å². The molecule has 0 aliphatic heterocycles. The molecule has 2 heterocycles. The highest BCUT2D eigenvalue weighted by Crippen LogP contribution is 2.22. The molecule has 3 N–H and O–H groups in total. The van der Waals surface area contributed by atoms with Crippen LogP contribution in [0.25, 0.3) is 22.1 Å². The second-order valence-corrected chi connectivity index (χ2v) is 8.71. The summed E-state index contributed by atoms with van der Waals surface area (Å²) in [6, 6.07) is 14.0. The summed E-state index contributed by atoms with van der Waals surface area (Å²) in [7, 11) is 0. The van der Waals surface area contributed by atoms with E-state index in [4.69, 9.17) is 15.2 Å². The Morgan fingerprint density at radius 2 is 1.70 bits per heavy atom. The maximum absolute atomic E-state index is 13.3. The van der Waals surface area contributed by atoms with Crippen LogP contribution in [0.4, 0.5) is 0 Å². The molecule has 174 valence electrons. The average molecular weight is 449 g/mol. The molecular formula is C25H32N6O2. The van der Waals surface area contributed by atoms with Gasteiger partial charge < -0.3 is 15.7 Å². The third-order valence-corrected chi connectivity index (χ3v) is 5.63. The van der Waals surface area contributed by atoms with Crippen LogP contribution in [0.3, 0.4) is 0 Å². The number of fused-ring (bicyclic) bond motifs is 2. The van der Waals surface area contributed by atoms with Gasteiger partial charge >= 0.3 is 5.69 Å². The fourth-order valence-electron chi connectivity index (χ4n) is 4.07. The van der Waals surface area contributed by atoms with E-state index in [2.05, 4.69) is 24.1 Å². The Balaban J connectivity index is 0.000000968. The normalized spacial score (nSPS) is 11.2. The molecule has 0 radical (unpaired) electrons. The third-order valence-electron chi connectivity index (χ3n) is 5.63. The summed E-state index contributed by atoms with van der Waals surface area (Å²) in [5.74, 6) is 1.45. The minimum atomic E-state index is -0.00570. The van der Waals surface area contributed by atoms with Gasteiger partial charge in [-0.25, -0.2) is 9.78 Å². The lowest BCUT2D eigenvalue weighted by molar-refractivity contribution is -0.106. The quantitative estimate of drug-likeness (QED) is 0.330. The molecule has 4 rings (SSSR count). The average Bonchev–Trinajstić information content (AvgIpc) is 3.26. The largest absolute Gasteiger partial charge is 0.372 e. The zero-order valence-corrected chi connectivity index (χ0v) is 19.7. The molecule has 1 amide bonds. The van der Waals surface area contributed by atoms with Crippen molar-refractivity contribution >= 4 is 34.7 Å². The number of hydrogen-bond donors (Lipinski definition) is 2. The van der Waals surface area contributed by atoms with E-state index in [1.54, 1.807) is 0 Å². The Hall–Kier alpha value is -3.68. The molecule has 0 bridgehead atoms. The SMILES string of the molecule is CC(C)CCn1c(Cn2c(=O)n(C(C)C)c3ccccc32)nc2cc(C=N)ccc21.NC=O. The van der Waals surface area contributed by atoms with E-state index in [-0.39, 0.29) is 18.1 Å². The zero-order valence-electron chi connectivity index (χ0n) is 19.7. The van der Waals surface area contributed by atoms with Crippen molar-refractivity contribution in [2.24, 2.45) is 11.7 Å². The summed E-state index contributed by atoms with van der Waals surface area (Å²) in [5.41, 5.74) is 8.80. The maximum Gasteiger partial charge on any atom is 0.329 e. The first-order valence-electron chi connectivity index (χ1n) is 11.2. The Morgan fingerprint density at radius 1 is 1.03 bits per heavy atom. The van der Waals surface area contributed by atoms with Gasteiger partial charge in [0.25, 0.3) is 0 Å². The van der Waals surface area contributed by atoms with E-state index < -0.39 is 0 Å². The van der Waals surface area contributed by atoms with Crippen molar-refractivity contribution in [3.05, 3.63) is 64.3 Å². The molecule has 0 saturated heterocycles. The topological polar surface area (TPSA) is 112 Å². The minimum absolute atomic E-state index is 0.00570. The highest BCUT2D eigenvalue weighted by Gasteiger charge is 2.18. The van der Waals surface area contributed by atoms with Crippen LogP contribution in [0, 0.1) is 11.3 Å². The number of aryl methyl sites for hydroxylation is 1. The first kappa shape index (κ1) is 24.0. The number of amides is 1. The van der Waals surface area contributed by atoms with E-state index in [0.717, 1.165) is 46.4 Å². The van der Waals surface area contributed by atoms with Gasteiger partial charge in [-0.05, 0) is 56.0 Å². The number of nitrogens with two attached hydrogens (primary N) is 1. The smallest absolute Gasteiger partial charge is 0.329 e. The zero-order chi connectivity index (χ0) is 24.1. The van der Waals surface area contributed by atoms with Gasteiger partial charge in [0, 0.05) is 18.8 Å². The number of carbonyl (C=O) groups excluding carboxylic acids is 1. The molecule has 0 aliphatic rings. The fourth-order valence-corrected chi connectivity index (χ4v) is 4.07. The van der Waals surface area contributed by atoms with Gasteiger partial charge in [-0.2, -0.15) is 0 Å². The standard InChI is InChI=1S/C24H29N5O.CH3NO/c1-16(2)11-12-27-20-10-9-18(14-25)13-19(20)26-23(27)15-28-21-7-5-6-8-22(21)29(17(3)4)24(28)30;2-1-3/h5-10,13-14,16-17,25H,11-12,15H2,1-4H3;1H,(H2,2,3). The fraction of sp³-hybridized carbons (Fsp3) is 0.360. The van der Waals surface area contributed by atoms with Crippen molar-refractivity contribution in [2.75, 3.05) is 0 Å². The number of carbonyl (C=O) groups is 1. The summed E-state index contributed by atoms with van der Waals surface area (Å²) in [5, 5.41) is 7.55. The number of aromatic nitrogens is 4. The lowest BCUT2D eigenvalue weighted by atomic mass is 10.1. The lowest BCUT2D eigenvalue weighted by Gasteiger charge is -2.12. The van der Waals surface area contributed by atoms with Crippen LogP contribution >= 0.6 is 0 Å². The van der Waals surface area contributed by atoms with E-state index in [1.165, 1.54) is 6.21 Å². The first-order chi connectivity index (χ1) is 15.8. The number of hydrogen-bond acceptors (Lipinski definition) is 4. The van der Waals surface area contributed by atoms with Crippen LogP contribution in [0.2, 0.25) is 0 Å². The van der Waals surface area contributed by atoms with Crippen molar-refractivity contribution in [3.8, 4) is 0 Å². The molecule has 8 heteroatoms.